The van der Waals surface area contributed by atoms with Crippen molar-refractivity contribution in [2.24, 2.45) is 5.73 Å². The van der Waals surface area contributed by atoms with Crippen LogP contribution in [0.15, 0.2) is 24.3 Å². The number of nitrogens with zero attached hydrogens (tertiary/aromatic N) is 2. The third-order valence-electron chi connectivity index (χ3n) is 4.77. The zero-order chi connectivity index (χ0) is 14.2. The molecule has 0 radical (unpaired) electrons. The lowest BCUT2D eigenvalue weighted by atomic mass is 10.0. The van der Waals surface area contributed by atoms with Gasteiger partial charge < -0.3 is 10.6 Å². The Morgan fingerprint density at radius 2 is 1.85 bits per heavy atom. The van der Waals surface area contributed by atoms with Crippen LogP contribution in [0.3, 0.4) is 0 Å². The van der Waals surface area contributed by atoms with E-state index >= 15 is 0 Å². The minimum Gasteiger partial charge on any atom is -0.369 e. The summed E-state index contributed by atoms with van der Waals surface area (Å²) in [5.74, 6) is 0. The van der Waals surface area contributed by atoms with Gasteiger partial charge in [0.1, 0.15) is 0 Å². The van der Waals surface area contributed by atoms with Gasteiger partial charge in [-0.05, 0) is 50.8 Å². The van der Waals surface area contributed by atoms with Gasteiger partial charge >= 0.3 is 0 Å². The molecule has 110 valence electrons. The van der Waals surface area contributed by atoms with Crippen molar-refractivity contribution >= 4 is 5.69 Å². The smallest absolute Gasteiger partial charge is 0.0369 e. The predicted molar refractivity (Wildman–Crippen MR) is 85.2 cm³/mol. The maximum atomic E-state index is 6.24. The first-order valence-corrected chi connectivity index (χ1v) is 7.93. The van der Waals surface area contributed by atoms with Crippen LogP contribution in [0.2, 0.25) is 0 Å². The average Bonchev–Trinajstić information content (AvgIpc) is 3.16. The van der Waals surface area contributed by atoms with E-state index in [1.807, 2.05) is 0 Å². The standard InChI is InChI=1S/C17H27N3/c1-14(2)19-8-10-20(11-9-19)16-5-3-4-15(12-16)13-17(18)6-7-17/h3-5,12,14H,6-11,13,18H2,1-2H3. The lowest BCUT2D eigenvalue weighted by molar-refractivity contribution is 0.209. The van der Waals surface area contributed by atoms with Gasteiger partial charge in [-0.1, -0.05) is 12.1 Å². The summed E-state index contributed by atoms with van der Waals surface area (Å²) in [5.41, 5.74) is 9.11. The molecule has 1 aliphatic heterocycles. The third-order valence-corrected chi connectivity index (χ3v) is 4.77. The number of nitrogens with two attached hydrogens (primary N) is 1. The zero-order valence-electron chi connectivity index (χ0n) is 12.8. The molecule has 0 spiro atoms. The highest BCUT2D eigenvalue weighted by molar-refractivity contribution is 5.49. The van der Waals surface area contributed by atoms with Crippen molar-refractivity contribution in [1.82, 2.24) is 4.90 Å². The molecule has 0 atom stereocenters. The van der Waals surface area contributed by atoms with Gasteiger partial charge in [0.15, 0.2) is 0 Å². The molecule has 1 aromatic carbocycles. The molecular weight excluding hydrogens is 246 g/mol. The third kappa shape index (κ3) is 3.15. The highest BCUT2D eigenvalue weighted by atomic mass is 15.3. The van der Waals surface area contributed by atoms with E-state index in [0.29, 0.717) is 6.04 Å². The van der Waals surface area contributed by atoms with E-state index in [2.05, 4.69) is 47.9 Å². The summed E-state index contributed by atoms with van der Waals surface area (Å²) in [6.07, 6.45) is 3.40. The lowest BCUT2D eigenvalue weighted by Gasteiger charge is -2.38. The Kier molecular flexibility index (Phi) is 3.74. The number of piperazine rings is 1. The summed E-state index contributed by atoms with van der Waals surface area (Å²) in [6, 6.07) is 9.66. The Hall–Kier alpha value is -1.06. The molecule has 20 heavy (non-hydrogen) atoms. The molecule has 3 nitrogen and oxygen atoms in total. The van der Waals surface area contributed by atoms with Gasteiger partial charge in [-0.2, -0.15) is 0 Å². The highest BCUT2D eigenvalue weighted by Gasteiger charge is 2.37. The maximum Gasteiger partial charge on any atom is 0.0369 e. The van der Waals surface area contributed by atoms with Gasteiger partial charge in [-0.15, -0.1) is 0 Å². The highest BCUT2D eigenvalue weighted by Crippen LogP contribution is 2.36. The fraction of sp³-hybridized carbons (Fsp3) is 0.647. The molecule has 0 aromatic heterocycles. The number of rotatable bonds is 4. The lowest BCUT2D eigenvalue weighted by Crippen LogP contribution is -2.48. The van der Waals surface area contributed by atoms with E-state index in [4.69, 9.17) is 5.73 Å². The fourth-order valence-corrected chi connectivity index (χ4v) is 3.10. The van der Waals surface area contributed by atoms with E-state index in [0.717, 1.165) is 19.5 Å². The molecule has 0 amide bonds. The van der Waals surface area contributed by atoms with Crippen molar-refractivity contribution in [2.45, 2.75) is 44.7 Å². The van der Waals surface area contributed by atoms with Crippen molar-refractivity contribution in [3.05, 3.63) is 29.8 Å². The Morgan fingerprint density at radius 1 is 1.15 bits per heavy atom. The van der Waals surface area contributed by atoms with E-state index in [1.54, 1.807) is 0 Å². The SMILES string of the molecule is CC(C)N1CCN(c2cccc(CC3(N)CC3)c2)CC1. The van der Waals surface area contributed by atoms with Crippen LogP contribution in [0.25, 0.3) is 0 Å². The second-order valence-corrected chi connectivity index (χ2v) is 6.83. The van der Waals surface area contributed by atoms with Crippen LogP contribution in [0.5, 0.6) is 0 Å². The number of anilines is 1. The monoisotopic (exact) mass is 273 g/mol. The molecule has 1 aliphatic carbocycles. The molecule has 0 bridgehead atoms. The number of hydrogen-bond acceptors (Lipinski definition) is 3. The van der Waals surface area contributed by atoms with Crippen molar-refractivity contribution < 1.29 is 0 Å². The summed E-state index contributed by atoms with van der Waals surface area (Å²) in [5, 5.41) is 0. The van der Waals surface area contributed by atoms with Gasteiger partial charge in [0.2, 0.25) is 0 Å². The van der Waals surface area contributed by atoms with E-state index < -0.39 is 0 Å². The summed E-state index contributed by atoms with van der Waals surface area (Å²) in [4.78, 5) is 5.07. The van der Waals surface area contributed by atoms with Crippen molar-refractivity contribution in [3.63, 3.8) is 0 Å². The second kappa shape index (κ2) is 5.38. The fourth-order valence-electron chi connectivity index (χ4n) is 3.10. The summed E-state index contributed by atoms with van der Waals surface area (Å²) in [7, 11) is 0. The van der Waals surface area contributed by atoms with E-state index in [9.17, 15) is 0 Å². The first kappa shape index (κ1) is 13.9. The van der Waals surface area contributed by atoms with Crippen LogP contribution in [0, 0.1) is 0 Å². The Bertz CT molecular complexity index is 457. The molecule has 0 unspecified atom stereocenters. The van der Waals surface area contributed by atoms with Gasteiger partial charge in [-0.25, -0.2) is 0 Å². The van der Waals surface area contributed by atoms with Crippen LogP contribution in [-0.2, 0) is 6.42 Å². The molecular formula is C17H27N3. The molecule has 3 heteroatoms. The minimum absolute atomic E-state index is 0.106. The molecule has 2 aliphatic rings. The largest absolute Gasteiger partial charge is 0.369 e. The van der Waals surface area contributed by atoms with Crippen LogP contribution in [-0.4, -0.2) is 42.7 Å². The quantitative estimate of drug-likeness (QED) is 0.913. The predicted octanol–water partition coefficient (Wildman–Crippen LogP) is 2.25. The van der Waals surface area contributed by atoms with Crippen LogP contribution >= 0.6 is 0 Å². The van der Waals surface area contributed by atoms with Crippen molar-refractivity contribution in [1.29, 1.82) is 0 Å². The van der Waals surface area contributed by atoms with Crippen molar-refractivity contribution in [2.75, 3.05) is 31.1 Å². The molecule has 1 heterocycles. The number of benzene rings is 1. The minimum atomic E-state index is 0.106. The summed E-state index contributed by atoms with van der Waals surface area (Å²) < 4.78 is 0. The summed E-state index contributed by atoms with van der Waals surface area (Å²) in [6.45, 7) is 9.18. The molecule has 2 fully saturated rings. The summed E-state index contributed by atoms with van der Waals surface area (Å²) >= 11 is 0. The van der Waals surface area contributed by atoms with Crippen molar-refractivity contribution in [3.8, 4) is 0 Å². The van der Waals surface area contributed by atoms with Gasteiger partial charge in [0.25, 0.3) is 0 Å². The van der Waals surface area contributed by atoms with Gasteiger partial charge in [0.05, 0.1) is 0 Å². The molecule has 1 saturated heterocycles. The van der Waals surface area contributed by atoms with Crippen LogP contribution in [0.1, 0.15) is 32.3 Å². The molecule has 3 rings (SSSR count). The normalized spacial score (nSPS) is 22.3. The molecule has 2 N–H and O–H groups in total. The second-order valence-electron chi connectivity index (χ2n) is 6.83. The maximum absolute atomic E-state index is 6.24. The van der Waals surface area contributed by atoms with Gasteiger partial charge in [0, 0.05) is 43.4 Å². The zero-order valence-corrected chi connectivity index (χ0v) is 12.8. The first-order valence-electron chi connectivity index (χ1n) is 7.93. The van der Waals surface area contributed by atoms with Crippen LogP contribution in [0.4, 0.5) is 5.69 Å². The van der Waals surface area contributed by atoms with Crippen LogP contribution < -0.4 is 10.6 Å². The topological polar surface area (TPSA) is 32.5 Å². The first-order chi connectivity index (χ1) is 9.56. The Balaban J connectivity index is 1.64. The van der Waals surface area contributed by atoms with E-state index in [1.165, 1.54) is 37.2 Å². The number of hydrogen-bond donors (Lipinski definition) is 1. The van der Waals surface area contributed by atoms with Gasteiger partial charge in [-0.3, -0.25) is 4.90 Å². The molecule has 1 aromatic rings. The Morgan fingerprint density at radius 3 is 2.45 bits per heavy atom. The van der Waals surface area contributed by atoms with E-state index in [-0.39, 0.29) is 5.54 Å². The average molecular weight is 273 g/mol. The molecule has 1 saturated carbocycles. The Labute approximate surface area is 122 Å².